The van der Waals surface area contributed by atoms with E-state index in [0.29, 0.717) is 6.42 Å². The lowest BCUT2D eigenvalue weighted by Crippen LogP contribution is -2.19. The first-order valence-corrected chi connectivity index (χ1v) is 4.07. The largest absolute Gasteiger partial charge is 0.387 e. The molecule has 1 saturated carbocycles. The van der Waals surface area contributed by atoms with Crippen LogP contribution in [0, 0.1) is 0 Å². The van der Waals surface area contributed by atoms with Gasteiger partial charge in [0, 0.05) is 6.42 Å². The first kappa shape index (κ1) is 7.77. The topological polar surface area (TPSA) is 40.5 Å². The maximum atomic E-state index is 9.88. The van der Waals surface area contributed by atoms with E-state index in [1.165, 1.54) is 0 Å². The standard InChI is InChI=1S/C10H12O2/c1-9(11)7-10(9,12)8-5-3-2-4-6-8/h2-6,11-12H,7H2,1H3/t9-,10-/m1/s1. The Morgan fingerprint density at radius 2 is 1.67 bits per heavy atom. The molecule has 2 nitrogen and oxygen atoms in total. The summed E-state index contributed by atoms with van der Waals surface area (Å²) in [4.78, 5) is 0. The monoisotopic (exact) mass is 164 g/mol. The van der Waals surface area contributed by atoms with Gasteiger partial charge in [0.1, 0.15) is 5.60 Å². The van der Waals surface area contributed by atoms with Crippen LogP contribution in [0.15, 0.2) is 30.3 Å². The van der Waals surface area contributed by atoms with Gasteiger partial charge >= 0.3 is 0 Å². The molecule has 0 saturated heterocycles. The zero-order valence-electron chi connectivity index (χ0n) is 6.99. The minimum Gasteiger partial charge on any atom is -0.387 e. The molecule has 1 aliphatic carbocycles. The molecule has 0 radical (unpaired) electrons. The molecule has 0 bridgehead atoms. The Balaban J connectivity index is 2.35. The lowest BCUT2D eigenvalue weighted by molar-refractivity contribution is 0.0292. The van der Waals surface area contributed by atoms with Gasteiger partial charge in [-0.05, 0) is 12.5 Å². The molecule has 0 heterocycles. The van der Waals surface area contributed by atoms with Crippen molar-refractivity contribution in [3.8, 4) is 0 Å². The van der Waals surface area contributed by atoms with E-state index in [0.717, 1.165) is 5.56 Å². The lowest BCUT2D eigenvalue weighted by atomic mass is 10.1. The van der Waals surface area contributed by atoms with Crippen LogP contribution in [0.25, 0.3) is 0 Å². The normalized spacial score (nSPS) is 39.6. The summed E-state index contributed by atoms with van der Waals surface area (Å²) in [6.45, 7) is 1.65. The predicted octanol–water partition coefficient (Wildman–Crippen LogP) is 1.03. The van der Waals surface area contributed by atoms with Crippen molar-refractivity contribution in [2.24, 2.45) is 0 Å². The molecule has 0 aliphatic heterocycles. The molecule has 64 valence electrons. The zero-order chi connectivity index (χ0) is 8.82. The van der Waals surface area contributed by atoms with Gasteiger partial charge in [-0.1, -0.05) is 30.3 Å². The zero-order valence-corrected chi connectivity index (χ0v) is 6.99. The molecule has 2 atom stereocenters. The van der Waals surface area contributed by atoms with Crippen molar-refractivity contribution in [1.82, 2.24) is 0 Å². The van der Waals surface area contributed by atoms with Gasteiger partial charge in [0.2, 0.25) is 0 Å². The molecule has 1 aromatic carbocycles. The summed E-state index contributed by atoms with van der Waals surface area (Å²) in [6.07, 6.45) is 0.435. The van der Waals surface area contributed by atoms with Crippen molar-refractivity contribution in [2.45, 2.75) is 24.5 Å². The highest BCUT2D eigenvalue weighted by molar-refractivity contribution is 5.34. The van der Waals surface area contributed by atoms with Gasteiger partial charge in [0.05, 0.1) is 5.60 Å². The fourth-order valence-electron chi connectivity index (χ4n) is 1.58. The smallest absolute Gasteiger partial charge is 0.121 e. The van der Waals surface area contributed by atoms with Gasteiger partial charge in [-0.2, -0.15) is 0 Å². The summed E-state index contributed by atoms with van der Waals surface area (Å²) in [5, 5.41) is 19.4. The highest BCUT2D eigenvalue weighted by Crippen LogP contribution is 2.54. The number of aliphatic hydroxyl groups is 2. The molecule has 2 heteroatoms. The van der Waals surface area contributed by atoms with Crippen LogP contribution in [0.4, 0.5) is 0 Å². The molecular weight excluding hydrogens is 152 g/mol. The summed E-state index contributed by atoms with van der Waals surface area (Å²) < 4.78 is 0. The highest BCUT2D eigenvalue weighted by Gasteiger charge is 2.64. The van der Waals surface area contributed by atoms with Crippen LogP contribution < -0.4 is 0 Å². The van der Waals surface area contributed by atoms with Crippen LogP contribution in [0.3, 0.4) is 0 Å². The minimum atomic E-state index is -1.01. The van der Waals surface area contributed by atoms with Crippen molar-refractivity contribution in [2.75, 3.05) is 0 Å². The van der Waals surface area contributed by atoms with Crippen LogP contribution >= 0.6 is 0 Å². The lowest BCUT2D eigenvalue weighted by Gasteiger charge is -2.12. The first-order valence-electron chi connectivity index (χ1n) is 4.07. The van der Waals surface area contributed by atoms with Crippen LogP contribution in [0.5, 0.6) is 0 Å². The van der Waals surface area contributed by atoms with Gasteiger partial charge in [-0.3, -0.25) is 0 Å². The van der Waals surface area contributed by atoms with Crippen molar-refractivity contribution in [1.29, 1.82) is 0 Å². The van der Waals surface area contributed by atoms with Gasteiger partial charge in [-0.25, -0.2) is 0 Å². The van der Waals surface area contributed by atoms with E-state index in [2.05, 4.69) is 0 Å². The average Bonchev–Trinajstić information content (AvgIpc) is 2.55. The quantitative estimate of drug-likeness (QED) is 0.650. The molecule has 12 heavy (non-hydrogen) atoms. The van der Waals surface area contributed by atoms with E-state index in [9.17, 15) is 10.2 Å². The third kappa shape index (κ3) is 0.886. The number of benzene rings is 1. The molecule has 2 N–H and O–H groups in total. The average molecular weight is 164 g/mol. The Morgan fingerprint density at radius 1 is 1.17 bits per heavy atom. The second-order valence-corrected chi connectivity index (χ2v) is 3.68. The van der Waals surface area contributed by atoms with E-state index in [-0.39, 0.29) is 0 Å². The summed E-state index contributed by atoms with van der Waals surface area (Å²) in [5.74, 6) is 0. The van der Waals surface area contributed by atoms with Crippen molar-refractivity contribution >= 4 is 0 Å². The Morgan fingerprint density at radius 3 is 2.08 bits per heavy atom. The Bertz CT molecular complexity index is 292. The molecule has 1 fully saturated rings. The maximum Gasteiger partial charge on any atom is 0.121 e. The fraction of sp³-hybridized carbons (Fsp3) is 0.400. The van der Waals surface area contributed by atoms with Crippen molar-refractivity contribution < 1.29 is 10.2 Å². The summed E-state index contributed by atoms with van der Waals surface area (Å²) in [6, 6.07) is 9.29. The third-order valence-corrected chi connectivity index (χ3v) is 2.62. The van der Waals surface area contributed by atoms with Crippen molar-refractivity contribution in [3.63, 3.8) is 0 Å². The van der Waals surface area contributed by atoms with E-state index in [1.54, 1.807) is 6.92 Å². The Labute approximate surface area is 71.5 Å². The van der Waals surface area contributed by atoms with Gasteiger partial charge in [0.25, 0.3) is 0 Å². The van der Waals surface area contributed by atoms with Gasteiger partial charge in [0.15, 0.2) is 0 Å². The minimum absolute atomic E-state index is 0.435. The molecular formula is C10H12O2. The van der Waals surface area contributed by atoms with E-state index >= 15 is 0 Å². The van der Waals surface area contributed by atoms with Crippen LogP contribution in [0.2, 0.25) is 0 Å². The molecule has 0 unspecified atom stereocenters. The Hall–Kier alpha value is -0.860. The van der Waals surface area contributed by atoms with Crippen LogP contribution in [-0.2, 0) is 5.60 Å². The third-order valence-electron chi connectivity index (χ3n) is 2.62. The first-order chi connectivity index (χ1) is 5.56. The van der Waals surface area contributed by atoms with E-state index in [4.69, 9.17) is 0 Å². The molecule has 2 rings (SSSR count). The summed E-state index contributed by atoms with van der Waals surface area (Å²) >= 11 is 0. The van der Waals surface area contributed by atoms with E-state index in [1.807, 2.05) is 30.3 Å². The number of rotatable bonds is 1. The van der Waals surface area contributed by atoms with Crippen LogP contribution in [0.1, 0.15) is 18.9 Å². The summed E-state index contributed by atoms with van der Waals surface area (Å²) in [5.41, 5.74) is -1.14. The number of hydrogen-bond donors (Lipinski definition) is 2. The Kier molecular flexibility index (Phi) is 1.35. The highest BCUT2D eigenvalue weighted by atomic mass is 16.4. The van der Waals surface area contributed by atoms with E-state index < -0.39 is 11.2 Å². The fourth-order valence-corrected chi connectivity index (χ4v) is 1.58. The second-order valence-electron chi connectivity index (χ2n) is 3.68. The molecule has 1 aromatic rings. The van der Waals surface area contributed by atoms with Gasteiger partial charge < -0.3 is 10.2 Å². The van der Waals surface area contributed by atoms with Gasteiger partial charge in [-0.15, -0.1) is 0 Å². The number of hydrogen-bond acceptors (Lipinski definition) is 2. The molecule has 0 amide bonds. The molecule has 0 aromatic heterocycles. The second kappa shape index (κ2) is 2.09. The van der Waals surface area contributed by atoms with Crippen LogP contribution in [-0.4, -0.2) is 15.8 Å². The summed E-state index contributed by atoms with van der Waals surface area (Å²) in [7, 11) is 0. The molecule has 0 spiro atoms. The SMILES string of the molecule is C[C@@]1(O)C[C@@]1(O)c1ccccc1. The predicted molar refractivity (Wildman–Crippen MR) is 45.6 cm³/mol. The van der Waals surface area contributed by atoms with Crippen molar-refractivity contribution in [3.05, 3.63) is 35.9 Å². The molecule has 1 aliphatic rings. The maximum absolute atomic E-state index is 9.88.